The van der Waals surface area contributed by atoms with E-state index in [0.29, 0.717) is 5.69 Å². The van der Waals surface area contributed by atoms with Crippen LogP contribution in [0.25, 0.3) is 0 Å². The molecule has 5 atom stereocenters. The number of nitrogens with zero attached hydrogens (tertiary/aromatic N) is 1. The van der Waals surface area contributed by atoms with Gasteiger partial charge in [0.05, 0.1) is 25.1 Å². The van der Waals surface area contributed by atoms with E-state index in [2.05, 4.69) is 44.2 Å². The number of amides is 1. The van der Waals surface area contributed by atoms with E-state index in [9.17, 15) is 18.0 Å². The number of pyridine rings is 1. The summed E-state index contributed by atoms with van der Waals surface area (Å²) in [6.07, 6.45) is -3.86. The van der Waals surface area contributed by atoms with Gasteiger partial charge in [0, 0.05) is 31.7 Å². The zero-order valence-electron chi connectivity index (χ0n) is 21.9. The summed E-state index contributed by atoms with van der Waals surface area (Å²) < 4.78 is 64.3. The molecule has 0 radical (unpaired) electrons. The SMILES string of the molecule is COCC(CO[C@@]1(C(=O)Nc2cccnc2)O[C@@H](C(F)(F)F)[C@@H](C)[C@@H]1C)CO[Si](C)(C)C(C)(C)C. The molecule has 7 nitrogen and oxygen atoms in total. The van der Waals surface area contributed by atoms with Gasteiger partial charge in [0.1, 0.15) is 0 Å². The quantitative estimate of drug-likeness (QED) is 0.425. The average Bonchev–Trinajstić information content (AvgIpc) is 3.02. The number of carbonyl (C=O) groups excluding carboxylic acids is 1. The van der Waals surface area contributed by atoms with E-state index >= 15 is 0 Å². The number of alkyl halides is 3. The minimum absolute atomic E-state index is 0.0191. The summed E-state index contributed by atoms with van der Waals surface area (Å²) in [5.74, 6) is -5.14. The normalized spacial score (nSPS) is 26.5. The van der Waals surface area contributed by atoms with Crippen LogP contribution in [0.15, 0.2) is 24.5 Å². The van der Waals surface area contributed by atoms with Crippen molar-refractivity contribution in [3.63, 3.8) is 0 Å². The van der Waals surface area contributed by atoms with E-state index < -0.39 is 44.1 Å². The number of anilines is 1. The van der Waals surface area contributed by atoms with E-state index in [1.807, 2.05) is 0 Å². The molecule has 1 aromatic heterocycles. The van der Waals surface area contributed by atoms with Crippen molar-refractivity contribution in [2.75, 3.05) is 32.2 Å². The van der Waals surface area contributed by atoms with Gasteiger partial charge >= 0.3 is 6.18 Å². The first-order valence-corrected chi connectivity index (χ1v) is 14.7. The largest absolute Gasteiger partial charge is 0.416 e. The second kappa shape index (κ2) is 11.2. The van der Waals surface area contributed by atoms with Gasteiger partial charge < -0.3 is 24.0 Å². The highest BCUT2D eigenvalue weighted by Gasteiger charge is 2.64. The van der Waals surface area contributed by atoms with Gasteiger partial charge in [0.25, 0.3) is 11.7 Å². The molecule has 1 aromatic rings. The van der Waals surface area contributed by atoms with Crippen molar-refractivity contribution in [1.82, 2.24) is 4.98 Å². The third kappa shape index (κ3) is 7.03. The average molecular weight is 521 g/mol. The number of aromatic nitrogens is 1. The zero-order valence-corrected chi connectivity index (χ0v) is 22.9. The second-order valence-corrected chi connectivity index (χ2v) is 15.6. The number of ether oxygens (including phenoxy) is 3. The van der Waals surface area contributed by atoms with E-state index in [1.54, 1.807) is 12.1 Å². The van der Waals surface area contributed by atoms with Crippen molar-refractivity contribution in [2.45, 2.75) is 70.8 Å². The Morgan fingerprint density at radius 3 is 2.37 bits per heavy atom. The molecule has 1 amide bonds. The number of hydrogen-bond acceptors (Lipinski definition) is 6. The molecule has 0 spiro atoms. The summed E-state index contributed by atoms with van der Waals surface area (Å²) in [5.41, 5.74) is 0.328. The van der Waals surface area contributed by atoms with Gasteiger partial charge in [-0.05, 0) is 36.2 Å². The van der Waals surface area contributed by atoms with Crippen LogP contribution < -0.4 is 5.32 Å². The maximum absolute atomic E-state index is 13.7. The van der Waals surface area contributed by atoms with E-state index in [4.69, 9.17) is 18.6 Å². The molecule has 1 aliphatic heterocycles. The first-order valence-electron chi connectivity index (χ1n) is 11.8. The highest BCUT2D eigenvalue weighted by molar-refractivity contribution is 6.74. The molecule has 1 fully saturated rings. The molecule has 1 N–H and O–H groups in total. The first kappa shape index (κ1) is 29.7. The number of methoxy groups -OCH3 is 1. The second-order valence-electron chi connectivity index (χ2n) is 10.8. The Hall–Kier alpha value is -1.53. The smallest absolute Gasteiger partial charge is 0.415 e. The third-order valence-electron chi connectivity index (χ3n) is 7.15. The summed E-state index contributed by atoms with van der Waals surface area (Å²) >= 11 is 0. The summed E-state index contributed by atoms with van der Waals surface area (Å²) in [7, 11) is -0.558. The zero-order chi connectivity index (χ0) is 26.7. The molecule has 0 saturated carbocycles. The fourth-order valence-corrected chi connectivity index (χ4v) is 4.77. The molecule has 1 saturated heterocycles. The summed E-state index contributed by atoms with van der Waals surface area (Å²) in [6.45, 7) is 14.0. The van der Waals surface area contributed by atoms with Crippen molar-refractivity contribution >= 4 is 19.9 Å². The van der Waals surface area contributed by atoms with Gasteiger partial charge in [-0.3, -0.25) is 9.78 Å². The minimum atomic E-state index is -4.65. The van der Waals surface area contributed by atoms with E-state index in [1.165, 1.54) is 33.4 Å². The number of hydrogen-bond donors (Lipinski definition) is 1. The molecule has 35 heavy (non-hydrogen) atoms. The monoisotopic (exact) mass is 520 g/mol. The maximum atomic E-state index is 13.7. The third-order valence-corrected chi connectivity index (χ3v) is 11.6. The topological polar surface area (TPSA) is 78.9 Å². The maximum Gasteiger partial charge on any atom is 0.415 e. The molecule has 11 heteroatoms. The molecule has 0 aromatic carbocycles. The Bertz CT molecular complexity index is 835. The van der Waals surface area contributed by atoms with Crippen molar-refractivity contribution in [1.29, 1.82) is 0 Å². The van der Waals surface area contributed by atoms with Crippen LogP contribution in [-0.4, -0.2) is 64.2 Å². The molecule has 2 heterocycles. The van der Waals surface area contributed by atoms with Gasteiger partial charge in [-0.25, -0.2) is 0 Å². The predicted molar refractivity (Wildman–Crippen MR) is 129 cm³/mol. The van der Waals surface area contributed by atoms with Crippen LogP contribution >= 0.6 is 0 Å². The Balaban J connectivity index is 2.28. The molecule has 1 unspecified atom stereocenters. The van der Waals surface area contributed by atoms with Crippen LogP contribution in [0.1, 0.15) is 34.6 Å². The van der Waals surface area contributed by atoms with Crippen molar-refractivity contribution in [3.8, 4) is 0 Å². The Kier molecular flexibility index (Phi) is 9.54. The number of carbonyl (C=O) groups is 1. The van der Waals surface area contributed by atoms with Gasteiger partial charge in [-0.15, -0.1) is 0 Å². The van der Waals surface area contributed by atoms with Gasteiger partial charge in [-0.1, -0.05) is 34.6 Å². The van der Waals surface area contributed by atoms with Crippen LogP contribution in [0.4, 0.5) is 18.9 Å². The first-order chi connectivity index (χ1) is 16.0. The lowest BCUT2D eigenvalue weighted by Gasteiger charge is -2.38. The van der Waals surface area contributed by atoms with Crippen molar-refractivity contribution in [2.24, 2.45) is 17.8 Å². The number of nitrogens with one attached hydrogen (secondary N) is 1. The van der Waals surface area contributed by atoms with Crippen LogP contribution in [0.3, 0.4) is 0 Å². The highest BCUT2D eigenvalue weighted by Crippen LogP contribution is 2.48. The van der Waals surface area contributed by atoms with E-state index in [-0.39, 0.29) is 30.8 Å². The van der Waals surface area contributed by atoms with E-state index in [0.717, 1.165) is 0 Å². The molecule has 0 aliphatic carbocycles. The predicted octanol–water partition coefficient (Wildman–Crippen LogP) is 5.25. The summed E-state index contributed by atoms with van der Waals surface area (Å²) in [4.78, 5) is 17.3. The van der Waals surface area contributed by atoms with Crippen LogP contribution in [-0.2, 0) is 23.4 Å². The fourth-order valence-electron chi connectivity index (χ4n) is 3.69. The Labute approximate surface area is 207 Å². The van der Waals surface area contributed by atoms with Crippen molar-refractivity contribution in [3.05, 3.63) is 24.5 Å². The van der Waals surface area contributed by atoms with Gasteiger partial charge in [0.15, 0.2) is 14.4 Å². The molecular weight excluding hydrogens is 481 g/mol. The lowest BCUT2D eigenvalue weighted by Crippen LogP contribution is -2.52. The van der Waals surface area contributed by atoms with Gasteiger partial charge in [-0.2, -0.15) is 13.2 Å². The lowest BCUT2D eigenvalue weighted by molar-refractivity contribution is -0.285. The molecule has 2 rings (SSSR count). The highest BCUT2D eigenvalue weighted by atomic mass is 28.4. The van der Waals surface area contributed by atoms with Gasteiger partial charge in [0.2, 0.25) is 0 Å². The number of halogens is 3. The Morgan fingerprint density at radius 2 is 1.89 bits per heavy atom. The minimum Gasteiger partial charge on any atom is -0.416 e. The van der Waals surface area contributed by atoms with Crippen LogP contribution in [0, 0.1) is 17.8 Å². The molecule has 1 aliphatic rings. The van der Waals surface area contributed by atoms with Crippen LogP contribution in [0.5, 0.6) is 0 Å². The Morgan fingerprint density at radius 1 is 1.23 bits per heavy atom. The van der Waals surface area contributed by atoms with Crippen molar-refractivity contribution < 1.29 is 36.6 Å². The molecule has 200 valence electrons. The lowest BCUT2D eigenvalue weighted by atomic mass is 9.87. The molecular formula is C24H39F3N2O5Si. The standard InChI is InChI=1S/C24H39F3N2O5Si/c1-16-17(2)23(34-20(16)24(25,26)27,21(30)29-19-10-9-11-28-12-19)32-14-18(13-31-6)15-33-35(7,8)22(3,4)5/h9-12,16-18,20H,13-15H2,1-8H3,(H,29,30)/t16-,17-,18?,20+,23+/m0/s1. The summed E-state index contributed by atoms with van der Waals surface area (Å²) in [6, 6.07) is 3.19. The number of rotatable bonds is 10. The fraction of sp³-hybridized carbons (Fsp3) is 0.750. The van der Waals surface area contributed by atoms with Crippen LogP contribution in [0.2, 0.25) is 18.1 Å². The summed E-state index contributed by atoms with van der Waals surface area (Å²) in [5, 5.41) is 2.59. The molecule has 0 bridgehead atoms.